The number of nitrogens with one attached hydrogen (secondary N) is 1. The molecule has 0 aliphatic carbocycles. The molecule has 1 atom stereocenters. The quantitative estimate of drug-likeness (QED) is 0.752. The van der Waals surface area contributed by atoms with Gasteiger partial charge in [0, 0.05) is 23.7 Å². The van der Waals surface area contributed by atoms with Gasteiger partial charge in [0.1, 0.15) is 4.99 Å². The first-order chi connectivity index (χ1) is 9.47. The maximum Gasteiger partial charge on any atom is 0.251 e. The lowest BCUT2D eigenvalue weighted by molar-refractivity contribution is 0.0930. The van der Waals surface area contributed by atoms with Crippen LogP contribution in [0.1, 0.15) is 36.7 Å². The summed E-state index contributed by atoms with van der Waals surface area (Å²) in [6, 6.07) is 7.14. The van der Waals surface area contributed by atoms with Gasteiger partial charge >= 0.3 is 0 Å². The Morgan fingerprint density at radius 2 is 1.75 bits per heavy atom. The number of amides is 1. The number of hydrogen-bond donors (Lipinski definition) is 2. The van der Waals surface area contributed by atoms with Crippen molar-refractivity contribution in [1.29, 1.82) is 0 Å². The molecule has 0 spiro atoms. The molecule has 1 aromatic carbocycles. The van der Waals surface area contributed by atoms with Crippen molar-refractivity contribution in [1.82, 2.24) is 10.2 Å². The number of likely N-dealkylation sites (N-methyl/N-ethyl adjacent to an activating group) is 1. The van der Waals surface area contributed by atoms with E-state index in [1.165, 1.54) is 0 Å². The van der Waals surface area contributed by atoms with Crippen LogP contribution in [0.2, 0.25) is 0 Å². The van der Waals surface area contributed by atoms with Gasteiger partial charge in [0.25, 0.3) is 5.91 Å². The average Bonchev–Trinajstić information content (AvgIpc) is 2.44. The van der Waals surface area contributed by atoms with E-state index in [1.807, 2.05) is 6.92 Å². The van der Waals surface area contributed by atoms with E-state index >= 15 is 0 Å². The Morgan fingerprint density at radius 1 is 1.25 bits per heavy atom. The maximum atomic E-state index is 12.1. The molecule has 1 aromatic rings. The molecule has 1 unspecified atom stereocenters. The molecule has 1 rings (SSSR count). The Morgan fingerprint density at radius 3 is 2.20 bits per heavy atom. The van der Waals surface area contributed by atoms with Crippen LogP contribution in [0.15, 0.2) is 24.3 Å². The molecule has 0 aromatic heterocycles. The molecular formula is C15H23N3OS. The fourth-order valence-electron chi connectivity index (χ4n) is 2.01. The topological polar surface area (TPSA) is 58.4 Å². The predicted molar refractivity (Wildman–Crippen MR) is 87.0 cm³/mol. The summed E-state index contributed by atoms with van der Waals surface area (Å²) in [6.45, 7) is 9.07. The third kappa shape index (κ3) is 4.90. The van der Waals surface area contributed by atoms with Gasteiger partial charge in [0.2, 0.25) is 0 Å². The number of benzene rings is 1. The predicted octanol–water partition coefficient (Wildman–Crippen LogP) is 1.78. The molecule has 0 aliphatic rings. The number of thiocarbonyl (C=S) groups is 1. The van der Waals surface area contributed by atoms with Crippen LogP contribution in [-0.2, 0) is 0 Å². The van der Waals surface area contributed by atoms with Gasteiger partial charge in [0.15, 0.2) is 0 Å². The fourth-order valence-corrected chi connectivity index (χ4v) is 2.14. The molecule has 0 aliphatic heterocycles. The van der Waals surface area contributed by atoms with Gasteiger partial charge in [-0.3, -0.25) is 4.79 Å². The standard InChI is InChI=1S/C15H23N3OS/c1-4-18(5-2)10-11(3)17-15(19)13-8-6-12(7-9-13)14(16)20/h6-9,11H,4-5,10H2,1-3H3,(H2,16,20)(H,17,19). The lowest BCUT2D eigenvalue weighted by atomic mass is 10.1. The van der Waals surface area contributed by atoms with Crippen LogP contribution in [0.4, 0.5) is 0 Å². The Labute approximate surface area is 126 Å². The van der Waals surface area contributed by atoms with Gasteiger partial charge in [-0.1, -0.05) is 38.2 Å². The van der Waals surface area contributed by atoms with Gasteiger partial charge in [-0.05, 0) is 32.1 Å². The third-order valence-corrected chi connectivity index (χ3v) is 3.47. The molecule has 0 saturated heterocycles. The lowest BCUT2D eigenvalue weighted by Crippen LogP contribution is -2.41. The zero-order valence-corrected chi connectivity index (χ0v) is 13.2. The summed E-state index contributed by atoms with van der Waals surface area (Å²) in [7, 11) is 0. The molecule has 0 saturated carbocycles. The second-order valence-corrected chi connectivity index (χ2v) is 5.24. The number of carbonyl (C=O) groups is 1. The molecule has 0 radical (unpaired) electrons. The van der Waals surface area contributed by atoms with Gasteiger partial charge in [-0.15, -0.1) is 0 Å². The first kappa shape index (κ1) is 16.6. The van der Waals surface area contributed by atoms with E-state index < -0.39 is 0 Å². The minimum Gasteiger partial charge on any atom is -0.389 e. The zero-order chi connectivity index (χ0) is 15.1. The van der Waals surface area contributed by atoms with Crippen molar-refractivity contribution in [2.24, 2.45) is 5.73 Å². The highest BCUT2D eigenvalue weighted by molar-refractivity contribution is 7.80. The van der Waals surface area contributed by atoms with Gasteiger partial charge in [-0.25, -0.2) is 0 Å². The van der Waals surface area contributed by atoms with Gasteiger partial charge in [0.05, 0.1) is 0 Å². The molecule has 4 nitrogen and oxygen atoms in total. The lowest BCUT2D eigenvalue weighted by Gasteiger charge is -2.23. The monoisotopic (exact) mass is 293 g/mol. The van der Waals surface area contributed by atoms with Crippen LogP contribution in [0.5, 0.6) is 0 Å². The van der Waals surface area contributed by atoms with Crippen LogP contribution in [0.3, 0.4) is 0 Å². The Hall–Kier alpha value is -1.46. The highest BCUT2D eigenvalue weighted by Crippen LogP contribution is 2.05. The van der Waals surface area contributed by atoms with E-state index in [0.717, 1.165) is 25.2 Å². The fraction of sp³-hybridized carbons (Fsp3) is 0.467. The van der Waals surface area contributed by atoms with Crippen LogP contribution in [0.25, 0.3) is 0 Å². The largest absolute Gasteiger partial charge is 0.389 e. The number of nitrogens with zero attached hydrogens (tertiary/aromatic N) is 1. The summed E-state index contributed by atoms with van der Waals surface area (Å²) in [5.74, 6) is -0.0702. The van der Waals surface area contributed by atoms with Crippen molar-refractivity contribution < 1.29 is 4.79 Å². The number of carbonyl (C=O) groups excluding carboxylic acids is 1. The summed E-state index contributed by atoms with van der Waals surface area (Å²) in [6.07, 6.45) is 0. The summed E-state index contributed by atoms with van der Waals surface area (Å²) < 4.78 is 0. The highest BCUT2D eigenvalue weighted by Gasteiger charge is 2.12. The molecule has 0 fully saturated rings. The molecule has 0 bridgehead atoms. The van der Waals surface area contributed by atoms with Crippen molar-refractivity contribution in [3.8, 4) is 0 Å². The normalized spacial score (nSPS) is 12.2. The Kier molecular flexibility index (Phi) is 6.61. The maximum absolute atomic E-state index is 12.1. The molecule has 110 valence electrons. The average molecular weight is 293 g/mol. The molecular weight excluding hydrogens is 270 g/mol. The van der Waals surface area contributed by atoms with Gasteiger partial charge < -0.3 is 16.0 Å². The summed E-state index contributed by atoms with van der Waals surface area (Å²) in [4.78, 5) is 14.7. The van der Waals surface area contributed by atoms with Crippen LogP contribution < -0.4 is 11.1 Å². The van der Waals surface area contributed by atoms with E-state index in [2.05, 4.69) is 24.1 Å². The summed E-state index contributed by atoms with van der Waals surface area (Å²) in [5.41, 5.74) is 6.92. The second kappa shape index (κ2) is 7.97. The Bertz CT molecular complexity index is 455. The van der Waals surface area contributed by atoms with Crippen molar-refractivity contribution >= 4 is 23.1 Å². The van der Waals surface area contributed by atoms with Gasteiger partial charge in [-0.2, -0.15) is 0 Å². The number of hydrogen-bond acceptors (Lipinski definition) is 3. The first-order valence-electron chi connectivity index (χ1n) is 6.91. The van der Waals surface area contributed by atoms with E-state index in [-0.39, 0.29) is 11.9 Å². The highest BCUT2D eigenvalue weighted by atomic mass is 32.1. The van der Waals surface area contributed by atoms with Crippen molar-refractivity contribution in [3.05, 3.63) is 35.4 Å². The number of nitrogens with two attached hydrogens (primary N) is 1. The molecule has 5 heteroatoms. The van der Waals surface area contributed by atoms with E-state index in [4.69, 9.17) is 18.0 Å². The smallest absolute Gasteiger partial charge is 0.251 e. The van der Waals surface area contributed by atoms with Crippen LogP contribution in [0, 0.1) is 0 Å². The molecule has 3 N–H and O–H groups in total. The first-order valence-corrected chi connectivity index (χ1v) is 7.31. The van der Waals surface area contributed by atoms with Crippen LogP contribution >= 0.6 is 12.2 Å². The van der Waals surface area contributed by atoms with E-state index in [0.29, 0.717) is 10.6 Å². The second-order valence-electron chi connectivity index (χ2n) is 4.80. The van der Waals surface area contributed by atoms with Crippen molar-refractivity contribution in [2.45, 2.75) is 26.8 Å². The van der Waals surface area contributed by atoms with E-state index in [1.54, 1.807) is 24.3 Å². The Balaban J connectivity index is 2.59. The minimum absolute atomic E-state index is 0.0702. The molecule has 20 heavy (non-hydrogen) atoms. The molecule has 0 heterocycles. The minimum atomic E-state index is -0.0702. The SMILES string of the molecule is CCN(CC)CC(C)NC(=O)c1ccc(C(N)=S)cc1. The summed E-state index contributed by atoms with van der Waals surface area (Å²) >= 11 is 4.89. The van der Waals surface area contributed by atoms with Crippen LogP contribution in [-0.4, -0.2) is 41.5 Å². The van der Waals surface area contributed by atoms with Crippen molar-refractivity contribution in [3.63, 3.8) is 0 Å². The zero-order valence-electron chi connectivity index (χ0n) is 12.3. The molecule has 1 amide bonds. The summed E-state index contributed by atoms with van der Waals surface area (Å²) in [5, 5.41) is 3.00. The third-order valence-electron chi connectivity index (χ3n) is 3.24. The van der Waals surface area contributed by atoms with Crippen molar-refractivity contribution in [2.75, 3.05) is 19.6 Å². The number of rotatable bonds is 7. The van der Waals surface area contributed by atoms with E-state index in [9.17, 15) is 4.79 Å².